The first-order valence-corrected chi connectivity index (χ1v) is 11.2. The molecule has 2 saturated heterocycles. The number of hydrogen-bond acceptors (Lipinski definition) is 6. The fourth-order valence-corrected chi connectivity index (χ4v) is 5.30. The fraction of sp³-hybridized carbons (Fsp3) is 0.750. The second kappa shape index (κ2) is 8.47. The SMILES string of the molecule is Cc1nc(C)c(C(=O)NC[C@H]2CN(C3CCN(C4CCC4)CC3)C(=O)CO2)s1. The average molecular weight is 407 g/mol. The zero-order chi connectivity index (χ0) is 19.7. The molecule has 1 N–H and O–H groups in total. The molecule has 1 saturated carbocycles. The molecule has 3 fully saturated rings. The summed E-state index contributed by atoms with van der Waals surface area (Å²) in [5.41, 5.74) is 0.764. The Kier molecular flexibility index (Phi) is 5.99. The molecular weight excluding hydrogens is 376 g/mol. The van der Waals surface area contributed by atoms with E-state index in [0.717, 1.165) is 42.7 Å². The number of thiazole rings is 1. The van der Waals surface area contributed by atoms with E-state index in [1.54, 1.807) is 0 Å². The van der Waals surface area contributed by atoms with Crippen molar-refractivity contribution in [2.24, 2.45) is 0 Å². The summed E-state index contributed by atoms with van der Waals surface area (Å²) < 4.78 is 5.69. The first-order chi connectivity index (χ1) is 13.5. The molecule has 0 spiro atoms. The first-order valence-electron chi connectivity index (χ1n) is 10.4. The Balaban J connectivity index is 1.28. The van der Waals surface area contributed by atoms with Gasteiger partial charge in [-0.2, -0.15) is 0 Å². The van der Waals surface area contributed by atoms with Gasteiger partial charge in [-0.3, -0.25) is 9.59 Å². The summed E-state index contributed by atoms with van der Waals surface area (Å²) in [5, 5.41) is 3.85. The predicted molar refractivity (Wildman–Crippen MR) is 108 cm³/mol. The number of hydrogen-bond donors (Lipinski definition) is 1. The van der Waals surface area contributed by atoms with Crippen LogP contribution in [-0.2, 0) is 9.53 Å². The summed E-state index contributed by atoms with van der Waals surface area (Å²) in [6.07, 6.45) is 5.96. The van der Waals surface area contributed by atoms with E-state index in [9.17, 15) is 9.59 Å². The molecule has 2 aliphatic heterocycles. The van der Waals surface area contributed by atoms with Gasteiger partial charge < -0.3 is 19.9 Å². The van der Waals surface area contributed by atoms with Crippen LogP contribution in [0.2, 0.25) is 0 Å². The van der Waals surface area contributed by atoms with Crippen molar-refractivity contribution in [3.8, 4) is 0 Å². The Labute approximate surface area is 170 Å². The third kappa shape index (κ3) is 4.23. The summed E-state index contributed by atoms with van der Waals surface area (Å²) in [7, 11) is 0. The molecule has 1 aromatic heterocycles. The second-order valence-electron chi connectivity index (χ2n) is 8.19. The van der Waals surface area contributed by atoms with Crippen molar-refractivity contribution in [1.82, 2.24) is 20.1 Å². The monoisotopic (exact) mass is 406 g/mol. The lowest BCUT2D eigenvalue weighted by atomic mass is 9.89. The number of likely N-dealkylation sites (tertiary alicyclic amines) is 1. The van der Waals surface area contributed by atoms with Crippen LogP contribution in [0.1, 0.15) is 52.5 Å². The molecular formula is C20H30N4O3S. The number of piperidine rings is 1. The smallest absolute Gasteiger partial charge is 0.263 e. The normalized spacial score (nSPS) is 25.0. The number of nitrogens with zero attached hydrogens (tertiary/aromatic N) is 3. The van der Waals surface area contributed by atoms with E-state index in [-0.39, 0.29) is 24.5 Å². The zero-order valence-corrected chi connectivity index (χ0v) is 17.6. The van der Waals surface area contributed by atoms with Crippen LogP contribution in [0.15, 0.2) is 0 Å². The number of rotatable bonds is 5. The molecule has 7 nitrogen and oxygen atoms in total. The molecule has 0 aromatic carbocycles. The van der Waals surface area contributed by atoms with Crippen LogP contribution >= 0.6 is 11.3 Å². The van der Waals surface area contributed by atoms with E-state index in [4.69, 9.17) is 4.74 Å². The minimum absolute atomic E-state index is 0.0820. The summed E-state index contributed by atoms with van der Waals surface area (Å²) in [6, 6.07) is 1.08. The third-order valence-electron chi connectivity index (χ3n) is 6.29. The van der Waals surface area contributed by atoms with Gasteiger partial charge in [0.1, 0.15) is 11.5 Å². The van der Waals surface area contributed by atoms with E-state index >= 15 is 0 Å². The topological polar surface area (TPSA) is 74.8 Å². The Morgan fingerprint density at radius 1 is 1.21 bits per heavy atom. The molecule has 0 unspecified atom stereocenters. The van der Waals surface area contributed by atoms with Crippen molar-refractivity contribution < 1.29 is 14.3 Å². The van der Waals surface area contributed by atoms with E-state index in [2.05, 4.69) is 15.2 Å². The van der Waals surface area contributed by atoms with Crippen LogP contribution in [0.25, 0.3) is 0 Å². The largest absolute Gasteiger partial charge is 0.365 e. The van der Waals surface area contributed by atoms with E-state index in [0.29, 0.717) is 24.0 Å². The maximum Gasteiger partial charge on any atom is 0.263 e. The van der Waals surface area contributed by atoms with Gasteiger partial charge in [-0.25, -0.2) is 4.98 Å². The summed E-state index contributed by atoms with van der Waals surface area (Å²) >= 11 is 1.41. The summed E-state index contributed by atoms with van der Waals surface area (Å²) in [6.45, 7) is 7.02. The molecule has 1 aliphatic carbocycles. The van der Waals surface area contributed by atoms with Crippen molar-refractivity contribution in [3.63, 3.8) is 0 Å². The second-order valence-corrected chi connectivity index (χ2v) is 9.39. The van der Waals surface area contributed by atoms with Gasteiger partial charge in [0, 0.05) is 38.3 Å². The Bertz CT molecular complexity index is 725. The van der Waals surface area contributed by atoms with Gasteiger partial charge >= 0.3 is 0 Å². The quantitative estimate of drug-likeness (QED) is 0.806. The highest BCUT2D eigenvalue weighted by Gasteiger charge is 2.35. The minimum Gasteiger partial charge on any atom is -0.365 e. The van der Waals surface area contributed by atoms with Crippen molar-refractivity contribution >= 4 is 23.2 Å². The number of morpholine rings is 1. The maximum absolute atomic E-state index is 12.4. The van der Waals surface area contributed by atoms with Gasteiger partial charge in [0.25, 0.3) is 5.91 Å². The lowest BCUT2D eigenvalue weighted by Gasteiger charge is -2.45. The molecule has 4 rings (SSSR count). The molecule has 1 atom stereocenters. The number of ether oxygens (including phenoxy) is 1. The van der Waals surface area contributed by atoms with Crippen molar-refractivity contribution in [1.29, 1.82) is 0 Å². The third-order valence-corrected chi connectivity index (χ3v) is 7.37. The predicted octanol–water partition coefficient (Wildman–Crippen LogP) is 1.73. The number of amides is 2. The molecule has 1 aromatic rings. The fourth-order valence-electron chi connectivity index (χ4n) is 4.47. The van der Waals surface area contributed by atoms with E-state index in [1.165, 1.54) is 30.6 Å². The van der Waals surface area contributed by atoms with Crippen LogP contribution in [-0.4, -0.2) is 77.6 Å². The molecule has 8 heteroatoms. The number of nitrogens with one attached hydrogen (secondary N) is 1. The van der Waals surface area contributed by atoms with Crippen LogP contribution in [0.5, 0.6) is 0 Å². The van der Waals surface area contributed by atoms with E-state index < -0.39 is 0 Å². The van der Waals surface area contributed by atoms with Gasteiger partial charge in [-0.1, -0.05) is 6.42 Å². The number of aryl methyl sites for hydroxylation is 2. The van der Waals surface area contributed by atoms with Gasteiger partial charge in [0.15, 0.2) is 0 Å². The molecule has 3 heterocycles. The Morgan fingerprint density at radius 2 is 1.96 bits per heavy atom. The molecule has 154 valence electrons. The van der Waals surface area contributed by atoms with Gasteiger partial charge in [0.05, 0.1) is 16.8 Å². The molecule has 2 amide bonds. The minimum atomic E-state index is -0.152. The lowest BCUT2D eigenvalue weighted by Crippen LogP contribution is -2.57. The lowest BCUT2D eigenvalue weighted by molar-refractivity contribution is -0.153. The summed E-state index contributed by atoms with van der Waals surface area (Å²) in [5.74, 6) is -0.0254. The van der Waals surface area contributed by atoms with Gasteiger partial charge in [-0.05, 0) is 39.5 Å². The van der Waals surface area contributed by atoms with E-state index in [1.807, 2.05) is 18.7 Å². The highest BCUT2D eigenvalue weighted by Crippen LogP contribution is 2.29. The van der Waals surface area contributed by atoms with Crippen LogP contribution < -0.4 is 5.32 Å². The average Bonchev–Trinajstić information content (AvgIpc) is 2.98. The van der Waals surface area contributed by atoms with Gasteiger partial charge in [0.2, 0.25) is 5.91 Å². The molecule has 3 aliphatic rings. The van der Waals surface area contributed by atoms with Crippen LogP contribution in [0.4, 0.5) is 0 Å². The standard InChI is InChI=1S/C20H30N4O3S/c1-13-19(28-14(2)22-13)20(26)21-10-17-11-24(18(25)12-27-17)16-6-8-23(9-7-16)15-4-3-5-15/h15-17H,3-12H2,1-2H3,(H,21,26)/t17-/m0/s1. The molecule has 0 radical (unpaired) electrons. The van der Waals surface area contributed by atoms with Crippen LogP contribution in [0, 0.1) is 13.8 Å². The highest BCUT2D eigenvalue weighted by molar-refractivity contribution is 7.13. The first kappa shape index (κ1) is 19.8. The van der Waals surface area contributed by atoms with Gasteiger partial charge in [-0.15, -0.1) is 11.3 Å². The maximum atomic E-state index is 12.4. The van der Waals surface area contributed by atoms with Crippen molar-refractivity contribution in [2.75, 3.05) is 32.8 Å². The summed E-state index contributed by atoms with van der Waals surface area (Å²) in [4.78, 5) is 34.4. The van der Waals surface area contributed by atoms with Crippen molar-refractivity contribution in [3.05, 3.63) is 15.6 Å². The number of carbonyl (C=O) groups is 2. The number of aromatic nitrogens is 1. The van der Waals surface area contributed by atoms with Crippen LogP contribution in [0.3, 0.4) is 0 Å². The highest BCUT2D eigenvalue weighted by atomic mass is 32.1. The Hall–Kier alpha value is -1.51. The Morgan fingerprint density at radius 3 is 2.57 bits per heavy atom. The molecule has 28 heavy (non-hydrogen) atoms. The number of carbonyl (C=O) groups excluding carboxylic acids is 2. The van der Waals surface area contributed by atoms with Crippen molar-refractivity contribution in [2.45, 2.75) is 64.1 Å². The molecule has 0 bridgehead atoms. The zero-order valence-electron chi connectivity index (χ0n) is 16.8.